The van der Waals surface area contributed by atoms with Crippen molar-refractivity contribution in [3.8, 4) is 0 Å². The quantitative estimate of drug-likeness (QED) is 0.438. The van der Waals surface area contributed by atoms with Gasteiger partial charge in [-0.2, -0.15) is 4.98 Å². The standard InChI is InChI=1S/C18H25Cl2N5O/c1-18(2,3)16-24-15(25-26-16)11-23-17(21-4)22-9-5-6-12-7-8-13(19)10-14(12)20/h7-8,10H,5-6,9,11H2,1-4H3,(H2,21,22,23). The minimum atomic E-state index is -0.159. The Balaban J connectivity index is 1.75. The summed E-state index contributed by atoms with van der Waals surface area (Å²) in [6, 6.07) is 5.58. The fourth-order valence-electron chi connectivity index (χ4n) is 2.22. The molecule has 2 aromatic rings. The minimum Gasteiger partial charge on any atom is -0.356 e. The second-order valence-electron chi connectivity index (χ2n) is 6.96. The van der Waals surface area contributed by atoms with Crippen molar-refractivity contribution in [2.45, 2.75) is 45.6 Å². The molecule has 0 aliphatic heterocycles. The van der Waals surface area contributed by atoms with Crippen LogP contribution in [0.5, 0.6) is 0 Å². The molecule has 8 heteroatoms. The van der Waals surface area contributed by atoms with Gasteiger partial charge in [-0.1, -0.05) is 55.2 Å². The van der Waals surface area contributed by atoms with Crippen molar-refractivity contribution in [2.75, 3.05) is 13.6 Å². The highest BCUT2D eigenvalue weighted by Crippen LogP contribution is 2.22. The highest BCUT2D eigenvalue weighted by Gasteiger charge is 2.21. The van der Waals surface area contributed by atoms with Crippen LogP contribution in [0.15, 0.2) is 27.7 Å². The lowest BCUT2D eigenvalue weighted by Gasteiger charge is -2.11. The number of nitrogens with zero attached hydrogens (tertiary/aromatic N) is 3. The molecule has 0 radical (unpaired) electrons. The number of guanidine groups is 1. The van der Waals surface area contributed by atoms with Crippen LogP contribution in [0.4, 0.5) is 0 Å². The lowest BCUT2D eigenvalue weighted by atomic mass is 9.97. The molecule has 0 bridgehead atoms. The number of aromatic nitrogens is 2. The lowest BCUT2D eigenvalue weighted by Crippen LogP contribution is -2.37. The lowest BCUT2D eigenvalue weighted by molar-refractivity contribution is 0.318. The van der Waals surface area contributed by atoms with Gasteiger partial charge < -0.3 is 15.2 Å². The van der Waals surface area contributed by atoms with Gasteiger partial charge in [0.1, 0.15) is 0 Å². The van der Waals surface area contributed by atoms with Gasteiger partial charge in [-0.25, -0.2) is 0 Å². The molecule has 0 atom stereocenters. The van der Waals surface area contributed by atoms with Gasteiger partial charge in [0.15, 0.2) is 11.8 Å². The van der Waals surface area contributed by atoms with Crippen LogP contribution >= 0.6 is 23.2 Å². The number of nitrogens with one attached hydrogen (secondary N) is 2. The van der Waals surface area contributed by atoms with Crippen molar-refractivity contribution < 1.29 is 4.52 Å². The van der Waals surface area contributed by atoms with Gasteiger partial charge >= 0.3 is 0 Å². The molecule has 1 aromatic heterocycles. The Morgan fingerprint density at radius 3 is 2.62 bits per heavy atom. The molecular weight excluding hydrogens is 373 g/mol. The Hall–Kier alpha value is -1.79. The molecular formula is C18H25Cl2N5O. The van der Waals surface area contributed by atoms with E-state index in [0.29, 0.717) is 34.3 Å². The Kier molecular flexibility index (Phi) is 7.29. The van der Waals surface area contributed by atoms with Crippen LogP contribution in [-0.4, -0.2) is 29.7 Å². The number of hydrogen-bond donors (Lipinski definition) is 2. The summed E-state index contributed by atoms with van der Waals surface area (Å²) in [7, 11) is 1.72. The van der Waals surface area contributed by atoms with Crippen LogP contribution in [0.3, 0.4) is 0 Å². The van der Waals surface area contributed by atoms with Crippen molar-refractivity contribution in [3.05, 3.63) is 45.5 Å². The molecule has 0 saturated carbocycles. The third-order valence-corrected chi connectivity index (χ3v) is 4.26. The summed E-state index contributed by atoms with van der Waals surface area (Å²) in [5, 5.41) is 11.8. The Bertz CT molecular complexity index is 752. The van der Waals surface area contributed by atoms with Crippen LogP contribution in [0, 0.1) is 0 Å². The molecule has 6 nitrogen and oxygen atoms in total. The monoisotopic (exact) mass is 397 g/mol. The van der Waals surface area contributed by atoms with E-state index in [9.17, 15) is 0 Å². The average molecular weight is 398 g/mol. The molecule has 0 unspecified atom stereocenters. The van der Waals surface area contributed by atoms with Gasteiger partial charge in [0.2, 0.25) is 5.89 Å². The molecule has 2 N–H and O–H groups in total. The maximum atomic E-state index is 6.19. The van der Waals surface area contributed by atoms with Crippen LogP contribution < -0.4 is 10.6 Å². The summed E-state index contributed by atoms with van der Waals surface area (Å²) in [4.78, 5) is 8.59. The first-order chi connectivity index (χ1) is 12.3. The molecule has 26 heavy (non-hydrogen) atoms. The summed E-state index contributed by atoms with van der Waals surface area (Å²) in [5.41, 5.74) is 0.927. The fraction of sp³-hybridized carbons (Fsp3) is 0.500. The summed E-state index contributed by atoms with van der Waals surface area (Å²) < 4.78 is 5.28. The number of rotatable bonds is 6. The van der Waals surface area contributed by atoms with E-state index < -0.39 is 0 Å². The first-order valence-corrected chi connectivity index (χ1v) is 9.26. The fourth-order valence-corrected chi connectivity index (χ4v) is 2.73. The predicted octanol–water partition coefficient (Wildman–Crippen LogP) is 3.97. The number of benzene rings is 1. The predicted molar refractivity (Wildman–Crippen MR) is 106 cm³/mol. The Morgan fingerprint density at radius 2 is 2.00 bits per heavy atom. The molecule has 0 aliphatic carbocycles. The van der Waals surface area contributed by atoms with Crippen LogP contribution in [0.1, 0.15) is 44.5 Å². The highest BCUT2D eigenvalue weighted by atomic mass is 35.5. The van der Waals surface area contributed by atoms with Crippen molar-refractivity contribution in [3.63, 3.8) is 0 Å². The summed E-state index contributed by atoms with van der Waals surface area (Å²) in [6.45, 7) is 7.31. The normalized spacial score (nSPS) is 12.3. The Morgan fingerprint density at radius 1 is 1.23 bits per heavy atom. The molecule has 0 aliphatic rings. The van der Waals surface area contributed by atoms with Gasteiger partial charge in [0.05, 0.1) is 6.54 Å². The van der Waals surface area contributed by atoms with Crippen molar-refractivity contribution >= 4 is 29.2 Å². The summed E-state index contributed by atoms with van der Waals surface area (Å²) >= 11 is 12.1. The zero-order valence-corrected chi connectivity index (χ0v) is 17.1. The zero-order valence-electron chi connectivity index (χ0n) is 15.6. The van der Waals surface area contributed by atoms with E-state index in [-0.39, 0.29) is 5.41 Å². The summed E-state index contributed by atoms with van der Waals surface area (Å²) in [5.74, 6) is 1.91. The van der Waals surface area contributed by atoms with Gasteiger partial charge in [-0.15, -0.1) is 0 Å². The Labute approximate surface area is 164 Å². The second-order valence-corrected chi connectivity index (χ2v) is 7.80. The highest BCUT2D eigenvalue weighted by molar-refractivity contribution is 6.35. The number of aryl methyl sites for hydroxylation is 1. The van der Waals surface area contributed by atoms with E-state index >= 15 is 0 Å². The number of aliphatic imine (C=N–C) groups is 1. The summed E-state index contributed by atoms with van der Waals surface area (Å²) in [6.07, 6.45) is 1.78. The first kappa shape index (κ1) is 20.5. The molecule has 0 spiro atoms. The first-order valence-electron chi connectivity index (χ1n) is 8.51. The number of halogens is 2. The molecule has 1 heterocycles. The molecule has 2 rings (SSSR count). The zero-order chi connectivity index (χ0) is 19.2. The topological polar surface area (TPSA) is 75.3 Å². The van der Waals surface area contributed by atoms with Crippen molar-refractivity contribution in [1.82, 2.24) is 20.8 Å². The number of hydrogen-bond acceptors (Lipinski definition) is 4. The second kappa shape index (κ2) is 9.24. The van der Waals surface area contributed by atoms with Crippen LogP contribution in [0.2, 0.25) is 10.0 Å². The van der Waals surface area contributed by atoms with E-state index in [1.54, 1.807) is 13.1 Å². The van der Waals surface area contributed by atoms with E-state index in [2.05, 4.69) is 25.8 Å². The van der Waals surface area contributed by atoms with Gasteiger partial charge in [0, 0.05) is 29.1 Å². The average Bonchev–Trinajstić information content (AvgIpc) is 3.05. The van der Waals surface area contributed by atoms with Crippen LogP contribution in [0.25, 0.3) is 0 Å². The van der Waals surface area contributed by atoms with E-state index in [4.69, 9.17) is 27.7 Å². The van der Waals surface area contributed by atoms with E-state index in [1.807, 2.05) is 32.9 Å². The third kappa shape index (κ3) is 6.18. The van der Waals surface area contributed by atoms with Crippen molar-refractivity contribution in [1.29, 1.82) is 0 Å². The van der Waals surface area contributed by atoms with Gasteiger partial charge in [0.25, 0.3) is 0 Å². The van der Waals surface area contributed by atoms with Gasteiger partial charge in [-0.3, -0.25) is 4.99 Å². The smallest absolute Gasteiger partial charge is 0.232 e. The van der Waals surface area contributed by atoms with E-state index in [0.717, 1.165) is 24.9 Å². The molecule has 0 saturated heterocycles. The molecule has 0 amide bonds. The molecule has 142 valence electrons. The third-order valence-electron chi connectivity index (χ3n) is 3.68. The largest absolute Gasteiger partial charge is 0.356 e. The molecule has 1 aromatic carbocycles. The maximum absolute atomic E-state index is 6.19. The molecule has 0 fully saturated rings. The van der Waals surface area contributed by atoms with Crippen molar-refractivity contribution in [2.24, 2.45) is 4.99 Å². The van der Waals surface area contributed by atoms with Crippen LogP contribution in [-0.2, 0) is 18.4 Å². The van der Waals surface area contributed by atoms with E-state index in [1.165, 1.54) is 0 Å². The SMILES string of the molecule is CN=C(NCCCc1ccc(Cl)cc1Cl)NCc1noc(C(C)(C)C)n1. The minimum absolute atomic E-state index is 0.159. The maximum Gasteiger partial charge on any atom is 0.232 e. The van der Waals surface area contributed by atoms with Gasteiger partial charge in [-0.05, 0) is 30.5 Å².